The number of aromatic nitrogens is 1. The molecule has 2 N–H and O–H groups in total. The zero-order chi connectivity index (χ0) is 10.9. The van der Waals surface area contributed by atoms with Gasteiger partial charge in [0.15, 0.2) is 0 Å². The molecule has 0 aliphatic carbocycles. The molecule has 0 aliphatic heterocycles. The van der Waals surface area contributed by atoms with Crippen LogP contribution in [0.4, 0.5) is 0 Å². The van der Waals surface area contributed by atoms with Crippen molar-refractivity contribution >= 4 is 5.97 Å². The standard InChI is InChI=1S/C9H13NO4/c1-5-6(2)14-8(10-5)9(3,13)4-7(11)12/h13H,4H2,1-3H3,(H,11,12). The topological polar surface area (TPSA) is 83.6 Å². The van der Waals surface area contributed by atoms with Crippen molar-refractivity contribution in [1.82, 2.24) is 4.98 Å². The van der Waals surface area contributed by atoms with Crippen LogP contribution < -0.4 is 0 Å². The van der Waals surface area contributed by atoms with Crippen LogP contribution in [0.5, 0.6) is 0 Å². The zero-order valence-corrected chi connectivity index (χ0v) is 8.37. The fourth-order valence-corrected chi connectivity index (χ4v) is 1.07. The zero-order valence-electron chi connectivity index (χ0n) is 8.37. The van der Waals surface area contributed by atoms with Gasteiger partial charge < -0.3 is 14.6 Å². The van der Waals surface area contributed by atoms with Gasteiger partial charge in [0.2, 0.25) is 5.89 Å². The van der Waals surface area contributed by atoms with Crippen LogP contribution in [0.25, 0.3) is 0 Å². The summed E-state index contributed by atoms with van der Waals surface area (Å²) in [5.41, 5.74) is -0.893. The van der Waals surface area contributed by atoms with Crippen LogP contribution in [0.1, 0.15) is 30.7 Å². The Balaban J connectivity index is 2.97. The second-order valence-electron chi connectivity index (χ2n) is 3.50. The van der Waals surface area contributed by atoms with Gasteiger partial charge in [0.1, 0.15) is 11.4 Å². The number of oxazole rings is 1. The third-order valence-electron chi connectivity index (χ3n) is 1.98. The first-order chi connectivity index (χ1) is 6.33. The lowest BCUT2D eigenvalue weighted by Gasteiger charge is -2.16. The van der Waals surface area contributed by atoms with Gasteiger partial charge in [-0.3, -0.25) is 4.79 Å². The molecule has 0 spiro atoms. The molecule has 0 saturated heterocycles. The fraction of sp³-hybridized carbons (Fsp3) is 0.556. The van der Waals surface area contributed by atoms with Gasteiger partial charge in [-0.1, -0.05) is 0 Å². The predicted octanol–water partition coefficient (Wildman–Crippen LogP) is 0.974. The summed E-state index contributed by atoms with van der Waals surface area (Å²) in [5.74, 6) is -0.455. The molecular weight excluding hydrogens is 186 g/mol. The van der Waals surface area contributed by atoms with E-state index in [0.29, 0.717) is 11.5 Å². The maximum atomic E-state index is 10.5. The summed E-state index contributed by atoms with van der Waals surface area (Å²) in [7, 11) is 0. The van der Waals surface area contributed by atoms with Crippen LogP contribution in [0, 0.1) is 13.8 Å². The van der Waals surface area contributed by atoms with Crippen molar-refractivity contribution in [2.75, 3.05) is 0 Å². The first kappa shape index (κ1) is 10.7. The van der Waals surface area contributed by atoms with Gasteiger partial charge in [-0.2, -0.15) is 0 Å². The minimum atomic E-state index is -1.55. The van der Waals surface area contributed by atoms with E-state index in [-0.39, 0.29) is 5.89 Å². The monoisotopic (exact) mass is 199 g/mol. The Hall–Kier alpha value is -1.36. The Kier molecular flexibility index (Phi) is 2.62. The molecule has 0 amide bonds. The molecule has 0 fully saturated rings. The lowest BCUT2D eigenvalue weighted by atomic mass is 10.0. The number of rotatable bonds is 3. The summed E-state index contributed by atoms with van der Waals surface area (Å²) in [6.45, 7) is 4.81. The number of nitrogens with zero attached hydrogens (tertiary/aromatic N) is 1. The molecule has 78 valence electrons. The summed E-state index contributed by atoms with van der Waals surface area (Å²) in [6.07, 6.45) is -0.424. The molecule has 5 heteroatoms. The molecule has 1 aromatic rings. The maximum Gasteiger partial charge on any atom is 0.306 e. The molecule has 1 aromatic heterocycles. The highest BCUT2D eigenvalue weighted by atomic mass is 16.4. The third-order valence-corrected chi connectivity index (χ3v) is 1.98. The molecule has 1 rings (SSSR count). The summed E-state index contributed by atoms with van der Waals surface area (Å²) in [4.78, 5) is 14.4. The fourth-order valence-electron chi connectivity index (χ4n) is 1.07. The molecule has 0 bridgehead atoms. The van der Waals surface area contributed by atoms with Crippen LogP contribution in [0.15, 0.2) is 4.42 Å². The van der Waals surface area contributed by atoms with Crippen LogP contribution in [0.2, 0.25) is 0 Å². The third kappa shape index (κ3) is 2.11. The van der Waals surface area contributed by atoms with E-state index >= 15 is 0 Å². The van der Waals surface area contributed by atoms with Crippen molar-refractivity contribution in [3.63, 3.8) is 0 Å². The average Bonchev–Trinajstić information content (AvgIpc) is 2.30. The highest BCUT2D eigenvalue weighted by Crippen LogP contribution is 2.25. The number of hydrogen-bond acceptors (Lipinski definition) is 4. The summed E-state index contributed by atoms with van der Waals surface area (Å²) in [6, 6.07) is 0. The molecule has 0 radical (unpaired) electrons. The van der Waals surface area contributed by atoms with Crippen LogP contribution in [0.3, 0.4) is 0 Å². The number of aryl methyl sites for hydroxylation is 2. The van der Waals surface area contributed by atoms with E-state index in [1.165, 1.54) is 6.92 Å². The van der Waals surface area contributed by atoms with Gasteiger partial charge in [0.25, 0.3) is 0 Å². The lowest BCUT2D eigenvalue weighted by Crippen LogP contribution is -2.25. The van der Waals surface area contributed by atoms with E-state index in [9.17, 15) is 9.90 Å². The van der Waals surface area contributed by atoms with Crippen molar-refractivity contribution in [2.45, 2.75) is 32.8 Å². The van der Waals surface area contributed by atoms with Gasteiger partial charge >= 0.3 is 5.97 Å². The lowest BCUT2D eigenvalue weighted by molar-refractivity contribution is -0.143. The molecule has 1 atom stereocenters. The Morgan fingerprint density at radius 3 is 2.50 bits per heavy atom. The quantitative estimate of drug-likeness (QED) is 0.757. The van der Waals surface area contributed by atoms with Crippen molar-refractivity contribution in [2.24, 2.45) is 0 Å². The summed E-state index contributed by atoms with van der Waals surface area (Å²) < 4.78 is 5.16. The minimum absolute atomic E-state index is 0.0508. The molecule has 14 heavy (non-hydrogen) atoms. The number of carboxylic acid groups (broad SMARTS) is 1. The van der Waals surface area contributed by atoms with E-state index in [0.717, 1.165) is 0 Å². The van der Waals surface area contributed by atoms with Crippen molar-refractivity contribution in [1.29, 1.82) is 0 Å². The predicted molar refractivity (Wildman–Crippen MR) is 47.8 cm³/mol. The Bertz CT molecular complexity index is 334. The first-order valence-corrected chi connectivity index (χ1v) is 4.21. The Morgan fingerprint density at radius 2 is 2.14 bits per heavy atom. The Morgan fingerprint density at radius 1 is 1.57 bits per heavy atom. The molecule has 0 saturated carbocycles. The average molecular weight is 199 g/mol. The number of carboxylic acids is 1. The molecule has 0 aromatic carbocycles. The van der Waals surface area contributed by atoms with E-state index in [4.69, 9.17) is 9.52 Å². The number of aliphatic carboxylic acids is 1. The van der Waals surface area contributed by atoms with Crippen LogP contribution >= 0.6 is 0 Å². The van der Waals surface area contributed by atoms with E-state index in [2.05, 4.69) is 4.98 Å². The molecule has 1 heterocycles. The highest BCUT2D eigenvalue weighted by molar-refractivity contribution is 5.68. The van der Waals surface area contributed by atoms with E-state index in [1.807, 2.05) is 0 Å². The molecule has 1 unspecified atom stereocenters. The second-order valence-corrected chi connectivity index (χ2v) is 3.50. The number of aliphatic hydroxyl groups is 1. The van der Waals surface area contributed by atoms with Crippen LogP contribution in [-0.4, -0.2) is 21.2 Å². The van der Waals surface area contributed by atoms with Crippen LogP contribution in [-0.2, 0) is 10.4 Å². The summed E-state index contributed by atoms with van der Waals surface area (Å²) >= 11 is 0. The van der Waals surface area contributed by atoms with Gasteiger partial charge in [-0.25, -0.2) is 4.98 Å². The molecular formula is C9H13NO4. The SMILES string of the molecule is Cc1nc(C(C)(O)CC(=O)O)oc1C. The first-order valence-electron chi connectivity index (χ1n) is 4.21. The Labute approximate surface area is 81.4 Å². The van der Waals surface area contributed by atoms with Gasteiger partial charge in [0.05, 0.1) is 12.1 Å². The van der Waals surface area contributed by atoms with Gasteiger partial charge in [-0.05, 0) is 20.8 Å². The van der Waals surface area contributed by atoms with Crippen molar-refractivity contribution in [3.05, 3.63) is 17.3 Å². The normalized spacial score (nSPS) is 15.1. The molecule has 5 nitrogen and oxygen atoms in total. The smallest absolute Gasteiger partial charge is 0.306 e. The maximum absolute atomic E-state index is 10.5. The molecule has 0 aliphatic rings. The summed E-state index contributed by atoms with van der Waals surface area (Å²) in [5, 5.41) is 18.3. The second kappa shape index (κ2) is 3.42. The van der Waals surface area contributed by atoms with E-state index in [1.54, 1.807) is 13.8 Å². The van der Waals surface area contributed by atoms with Gasteiger partial charge in [0, 0.05) is 0 Å². The largest absolute Gasteiger partial charge is 0.481 e. The minimum Gasteiger partial charge on any atom is -0.481 e. The van der Waals surface area contributed by atoms with Crippen molar-refractivity contribution < 1.29 is 19.4 Å². The van der Waals surface area contributed by atoms with Gasteiger partial charge in [-0.15, -0.1) is 0 Å². The van der Waals surface area contributed by atoms with Crippen molar-refractivity contribution in [3.8, 4) is 0 Å². The number of carbonyl (C=O) groups is 1. The highest BCUT2D eigenvalue weighted by Gasteiger charge is 2.32. The van der Waals surface area contributed by atoms with E-state index < -0.39 is 18.0 Å². The number of hydrogen-bond donors (Lipinski definition) is 2.